The predicted octanol–water partition coefficient (Wildman–Crippen LogP) is 2.80. The lowest BCUT2D eigenvalue weighted by Gasteiger charge is -2.08. The number of benzene rings is 1. The van der Waals surface area contributed by atoms with E-state index in [9.17, 15) is 0 Å². The van der Waals surface area contributed by atoms with Crippen molar-refractivity contribution in [2.45, 2.75) is 19.9 Å². The Labute approximate surface area is 78.0 Å². The van der Waals surface area contributed by atoms with Gasteiger partial charge in [0.25, 0.3) is 0 Å². The maximum absolute atomic E-state index is 5.89. The molecule has 0 amide bonds. The van der Waals surface area contributed by atoms with Gasteiger partial charge in [0.1, 0.15) is 0 Å². The second-order valence-electron chi connectivity index (χ2n) is 3.60. The lowest BCUT2D eigenvalue weighted by Crippen LogP contribution is -1.97. The van der Waals surface area contributed by atoms with Gasteiger partial charge in [0.15, 0.2) is 0 Å². The Morgan fingerprint density at radius 3 is 2.62 bits per heavy atom. The highest BCUT2D eigenvalue weighted by atomic mass is 15.0. The quantitative estimate of drug-likeness (QED) is 0.708. The van der Waals surface area contributed by atoms with Gasteiger partial charge in [-0.15, -0.1) is 0 Å². The number of nitrogen functional groups attached to an aromatic ring is 1. The molecule has 1 heterocycles. The molecule has 1 aromatic heterocycles. The Bertz CT molecular complexity index is 427. The van der Waals surface area contributed by atoms with E-state index in [1.807, 2.05) is 18.3 Å². The monoisotopic (exact) mass is 174 g/mol. The summed E-state index contributed by atoms with van der Waals surface area (Å²) in [6, 6.07) is 8.68. The molecule has 0 bridgehead atoms. The predicted molar refractivity (Wildman–Crippen MR) is 56.7 cm³/mol. The van der Waals surface area contributed by atoms with Crippen LogP contribution < -0.4 is 5.73 Å². The van der Waals surface area contributed by atoms with Gasteiger partial charge in [-0.25, -0.2) is 0 Å². The van der Waals surface area contributed by atoms with Crippen LogP contribution in [0.15, 0.2) is 30.5 Å². The highest BCUT2D eigenvalue weighted by Gasteiger charge is 2.06. The van der Waals surface area contributed by atoms with Crippen molar-refractivity contribution in [3.8, 4) is 0 Å². The van der Waals surface area contributed by atoms with E-state index in [-0.39, 0.29) is 0 Å². The maximum Gasteiger partial charge on any atom is 0.0574 e. The molecule has 0 aliphatic rings. The summed E-state index contributed by atoms with van der Waals surface area (Å²) in [5.41, 5.74) is 7.98. The second kappa shape index (κ2) is 2.80. The lowest BCUT2D eigenvalue weighted by molar-refractivity contribution is 0.623. The summed E-state index contributed by atoms with van der Waals surface area (Å²) in [5, 5.41) is 1.15. The molecule has 0 fully saturated rings. The number of nitrogens with two attached hydrogens (primary N) is 1. The SMILES string of the molecule is CC(C)n1cc(N)c2ccccc21. The van der Waals surface area contributed by atoms with Crippen LogP contribution in [0, 0.1) is 0 Å². The molecule has 2 N–H and O–H groups in total. The van der Waals surface area contributed by atoms with E-state index in [4.69, 9.17) is 5.73 Å². The molecule has 0 saturated heterocycles. The van der Waals surface area contributed by atoms with Crippen molar-refractivity contribution in [2.75, 3.05) is 5.73 Å². The first-order valence-electron chi connectivity index (χ1n) is 4.55. The highest BCUT2D eigenvalue weighted by Crippen LogP contribution is 2.25. The first kappa shape index (κ1) is 8.17. The normalized spacial score (nSPS) is 11.3. The summed E-state index contributed by atoms with van der Waals surface area (Å²) >= 11 is 0. The van der Waals surface area contributed by atoms with Gasteiger partial charge in [0, 0.05) is 17.6 Å². The molecule has 2 nitrogen and oxygen atoms in total. The number of hydrogen-bond acceptors (Lipinski definition) is 1. The van der Waals surface area contributed by atoms with E-state index >= 15 is 0 Å². The molecule has 0 aliphatic carbocycles. The molecule has 0 aliphatic heterocycles. The third-order valence-corrected chi connectivity index (χ3v) is 2.33. The molecular weight excluding hydrogens is 160 g/mol. The summed E-state index contributed by atoms with van der Waals surface area (Å²) in [5.74, 6) is 0. The highest BCUT2D eigenvalue weighted by molar-refractivity contribution is 5.91. The van der Waals surface area contributed by atoms with Gasteiger partial charge in [-0.05, 0) is 19.9 Å². The first-order valence-corrected chi connectivity index (χ1v) is 4.55. The summed E-state index contributed by atoms with van der Waals surface area (Å²) in [7, 11) is 0. The zero-order chi connectivity index (χ0) is 9.42. The van der Waals surface area contributed by atoms with Gasteiger partial charge in [-0.2, -0.15) is 0 Å². The second-order valence-corrected chi connectivity index (χ2v) is 3.60. The molecule has 0 radical (unpaired) electrons. The van der Waals surface area contributed by atoms with E-state index in [1.165, 1.54) is 5.52 Å². The van der Waals surface area contributed by atoms with Crippen LogP contribution in [0.3, 0.4) is 0 Å². The number of anilines is 1. The molecule has 2 aromatic rings. The van der Waals surface area contributed by atoms with Gasteiger partial charge in [-0.3, -0.25) is 0 Å². The third kappa shape index (κ3) is 1.18. The Morgan fingerprint density at radius 1 is 1.23 bits per heavy atom. The number of rotatable bonds is 1. The van der Waals surface area contributed by atoms with E-state index in [2.05, 4.69) is 30.5 Å². The maximum atomic E-state index is 5.89. The van der Waals surface area contributed by atoms with Crippen molar-refractivity contribution in [3.05, 3.63) is 30.5 Å². The molecule has 0 unspecified atom stereocenters. The summed E-state index contributed by atoms with van der Waals surface area (Å²) in [6.45, 7) is 4.32. The molecule has 1 aromatic carbocycles. The molecule has 0 spiro atoms. The van der Waals surface area contributed by atoms with Crippen molar-refractivity contribution >= 4 is 16.6 Å². The van der Waals surface area contributed by atoms with Gasteiger partial charge in [0.2, 0.25) is 0 Å². The molecule has 13 heavy (non-hydrogen) atoms. The zero-order valence-electron chi connectivity index (χ0n) is 7.99. The number of hydrogen-bond donors (Lipinski definition) is 1. The molecule has 2 heteroatoms. The smallest absolute Gasteiger partial charge is 0.0574 e. The molecular formula is C11H14N2. The van der Waals surface area contributed by atoms with E-state index < -0.39 is 0 Å². The largest absolute Gasteiger partial charge is 0.397 e. The topological polar surface area (TPSA) is 30.9 Å². The minimum Gasteiger partial charge on any atom is -0.397 e. The Kier molecular flexibility index (Phi) is 1.76. The third-order valence-electron chi connectivity index (χ3n) is 2.33. The molecule has 0 atom stereocenters. The summed E-state index contributed by atoms with van der Waals surface area (Å²) < 4.78 is 2.20. The number of fused-ring (bicyclic) bond motifs is 1. The van der Waals surface area contributed by atoms with Crippen molar-refractivity contribution < 1.29 is 0 Å². The van der Waals surface area contributed by atoms with Gasteiger partial charge in [0.05, 0.1) is 11.2 Å². The minimum atomic E-state index is 0.460. The average Bonchev–Trinajstić information content (AvgIpc) is 2.45. The lowest BCUT2D eigenvalue weighted by atomic mass is 10.2. The van der Waals surface area contributed by atoms with Crippen LogP contribution in [0.2, 0.25) is 0 Å². The summed E-state index contributed by atoms with van der Waals surface area (Å²) in [6.07, 6.45) is 2.01. The fourth-order valence-electron chi connectivity index (χ4n) is 1.66. The Balaban J connectivity index is 2.78. The first-order chi connectivity index (χ1) is 6.20. The molecule has 2 rings (SSSR count). The van der Waals surface area contributed by atoms with Crippen LogP contribution in [0.4, 0.5) is 5.69 Å². The van der Waals surface area contributed by atoms with Gasteiger partial charge >= 0.3 is 0 Å². The van der Waals surface area contributed by atoms with E-state index in [0.717, 1.165) is 11.1 Å². The fourth-order valence-corrected chi connectivity index (χ4v) is 1.66. The number of para-hydroxylation sites is 1. The number of aromatic nitrogens is 1. The van der Waals surface area contributed by atoms with Crippen LogP contribution >= 0.6 is 0 Å². The minimum absolute atomic E-state index is 0.460. The fraction of sp³-hybridized carbons (Fsp3) is 0.273. The Hall–Kier alpha value is -1.44. The van der Waals surface area contributed by atoms with Crippen molar-refractivity contribution in [1.82, 2.24) is 4.57 Å². The Morgan fingerprint density at radius 2 is 1.92 bits per heavy atom. The van der Waals surface area contributed by atoms with E-state index in [1.54, 1.807) is 0 Å². The van der Waals surface area contributed by atoms with Crippen LogP contribution in [-0.4, -0.2) is 4.57 Å². The van der Waals surface area contributed by atoms with Crippen LogP contribution in [-0.2, 0) is 0 Å². The van der Waals surface area contributed by atoms with Gasteiger partial charge < -0.3 is 10.3 Å². The van der Waals surface area contributed by atoms with E-state index in [0.29, 0.717) is 6.04 Å². The van der Waals surface area contributed by atoms with Gasteiger partial charge in [-0.1, -0.05) is 18.2 Å². The van der Waals surface area contributed by atoms with Crippen molar-refractivity contribution in [2.24, 2.45) is 0 Å². The average molecular weight is 174 g/mol. The number of nitrogens with zero attached hydrogens (tertiary/aromatic N) is 1. The summed E-state index contributed by atoms with van der Waals surface area (Å²) in [4.78, 5) is 0. The zero-order valence-corrected chi connectivity index (χ0v) is 7.99. The molecule has 68 valence electrons. The van der Waals surface area contributed by atoms with Crippen LogP contribution in [0.25, 0.3) is 10.9 Å². The van der Waals surface area contributed by atoms with Crippen molar-refractivity contribution in [1.29, 1.82) is 0 Å². The van der Waals surface area contributed by atoms with Crippen molar-refractivity contribution in [3.63, 3.8) is 0 Å². The van der Waals surface area contributed by atoms with Crippen LogP contribution in [0.1, 0.15) is 19.9 Å². The van der Waals surface area contributed by atoms with Crippen LogP contribution in [0.5, 0.6) is 0 Å². The standard InChI is InChI=1S/C11H14N2/c1-8(2)13-7-10(12)9-5-3-4-6-11(9)13/h3-8H,12H2,1-2H3. The molecule has 0 saturated carbocycles.